The molecule has 1 amide bonds. The quantitative estimate of drug-likeness (QED) is 0.729. The molecule has 7 nitrogen and oxygen atoms in total. The van der Waals surface area contributed by atoms with Crippen molar-refractivity contribution in [2.75, 3.05) is 5.32 Å². The number of ether oxygens (including phenoxy) is 1. The average molecular weight is 358 g/mol. The molecule has 0 atom stereocenters. The number of aryl methyl sites for hydroxylation is 3. The molecule has 3 rings (SSSR count). The number of anilines is 1. The van der Waals surface area contributed by atoms with E-state index < -0.39 is 5.91 Å². The first kappa shape index (κ1) is 17.7. The summed E-state index contributed by atoms with van der Waals surface area (Å²) in [6.45, 7) is 6.36. The highest BCUT2D eigenvalue weighted by Crippen LogP contribution is 2.19. The fraction of sp³-hybridized carbons (Fsp3) is 0.278. The zero-order chi connectivity index (χ0) is 18.7. The van der Waals surface area contributed by atoms with Gasteiger partial charge in [-0.25, -0.2) is 4.39 Å². The first-order chi connectivity index (χ1) is 12.5. The minimum Gasteiger partial charge on any atom is -0.489 e. The number of rotatable bonds is 6. The molecule has 2 heterocycles. The van der Waals surface area contributed by atoms with Gasteiger partial charge in [0.1, 0.15) is 23.9 Å². The van der Waals surface area contributed by atoms with Crippen LogP contribution in [-0.4, -0.2) is 20.8 Å². The summed E-state index contributed by atoms with van der Waals surface area (Å²) in [4.78, 5) is 12.5. The maximum absolute atomic E-state index is 13.0. The summed E-state index contributed by atoms with van der Waals surface area (Å²) < 4.78 is 25.5. The van der Waals surface area contributed by atoms with Crippen LogP contribution in [0.15, 0.2) is 34.9 Å². The Labute approximate surface area is 149 Å². The van der Waals surface area contributed by atoms with Crippen LogP contribution in [-0.2, 0) is 13.2 Å². The summed E-state index contributed by atoms with van der Waals surface area (Å²) in [6.07, 6.45) is 0. The van der Waals surface area contributed by atoms with E-state index in [4.69, 9.17) is 9.26 Å². The van der Waals surface area contributed by atoms with E-state index in [2.05, 4.69) is 15.6 Å². The number of hydrogen-bond acceptors (Lipinski definition) is 5. The smallest absolute Gasteiger partial charge is 0.279 e. The number of benzene rings is 1. The van der Waals surface area contributed by atoms with E-state index in [-0.39, 0.29) is 18.1 Å². The molecule has 0 radical (unpaired) electrons. The topological polar surface area (TPSA) is 82.2 Å². The monoisotopic (exact) mass is 358 g/mol. The Morgan fingerprint density at radius 3 is 2.69 bits per heavy atom. The van der Waals surface area contributed by atoms with Gasteiger partial charge in [-0.1, -0.05) is 5.16 Å². The first-order valence-electron chi connectivity index (χ1n) is 8.17. The van der Waals surface area contributed by atoms with E-state index in [0.717, 1.165) is 5.69 Å². The van der Waals surface area contributed by atoms with Gasteiger partial charge in [0.25, 0.3) is 5.91 Å². The fourth-order valence-electron chi connectivity index (χ4n) is 2.49. The normalized spacial score (nSPS) is 10.8. The van der Waals surface area contributed by atoms with Gasteiger partial charge in [-0.05, 0) is 45.0 Å². The van der Waals surface area contributed by atoms with E-state index >= 15 is 0 Å². The number of carbonyl (C=O) groups is 1. The highest BCUT2D eigenvalue weighted by molar-refractivity contribution is 6.03. The van der Waals surface area contributed by atoms with E-state index in [9.17, 15) is 9.18 Å². The van der Waals surface area contributed by atoms with Gasteiger partial charge in [-0.2, -0.15) is 5.10 Å². The zero-order valence-electron chi connectivity index (χ0n) is 14.7. The first-order valence-corrected chi connectivity index (χ1v) is 8.17. The summed E-state index contributed by atoms with van der Waals surface area (Å²) in [5.41, 5.74) is 1.60. The lowest BCUT2D eigenvalue weighted by molar-refractivity contribution is 0.101. The Morgan fingerprint density at radius 1 is 1.31 bits per heavy atom. The van der Waals surface area contributed by atoms with E-state index in [1.165, 1.54) is 24.3 Å². The van der Waals surface area contributed by atoms with Crippen molar-refractivity contribution in [2.45, 2.75) is 33.9 Å². The van der Waals surface area contributed by atoms with Crippen LogP contribution in [0.3, 0.4) is 0 Å². The van der Waals surface area contributed by atoms with Crippen LogP contribution in [0, 0.1) is 19.7 Å². The van der Waals surface area contributed by atoms with E-state index in [1.54, 1.807) is 17.7 Å². The van der Waals surface area contributed by atoms with Crippen molar-refractivity contribution in [3.63, 3.8) is 0 Å². The lowest BCUT2D eigenvalue weighted by atomic mass is 10.2. The number of carbonyl (C=O) groups excluding carboxylic acids is 1. The van der Waals surface area contributed by atoms with Crippen molar-refractivity contribution in [1.82, 2.24) is 14.9 Å². The summed E-state index contributed by atoms with van der Waals surface area (Å²) in [5.74, 6) is 0.629. The molecule has 0 fully saturated rings. The maximum atomic E-state index is 13.0. The van der Waals surface area contributed by atoms with Crippen molar-refractivity contribution in [2.24, 2.45) is 0 Å². The molecule has 8 heteroatoms. The Kier molecular flexibility index (Phi) is 5.01. The molecule has 0 aliphatic heterocycles. The number of nitrogens with zero attached hydrogens (tertiary/aromatic N) is 3. The van der Waals surface area contributed by atoms with Crippen LogP contribution in [0.4, 0.5) is 10.2 Å². The fourth-order valence-corrected chi connectivity index (χ4v) is 2.49. The second-order valence-electron chi connectivity index (χ2n) is 5.75. The van der Waals surface area contributed by atoms with Gasteiger partial charge in [-0.15, -0.1) is 0 Å². The van der Waals surface area contributed by atoms with Gasteiger partial charge in [0.05, 0.1) is 5.56 Å². The highest BCUT2D eigenvalue weighted by Gasteiger charge is 2.21. The molecular formula is C18H19FN4O3. The molecule has 0 aliphatic rings. The number of aromatic nitrogens is 3. The molecule has 1 aromatic carbocycles. The molecule has 0 unspecified atom stereocenters. The molecule has 0 saturated heterocycles. The lowest BCUT2D eigenvalue weighted by Crippen LogP contribution is -2.16. The minimum atomic E-state index is -0.430. The van der Waals surface area contributed by atoms with Crippen LogP contribution < -0.4 is 10.1 Å². The van der Waals surface area contributed by atoms with Gasteiger partial charge in [0, 0.05) is 18.3 Å². The number of nitrogens with one attached hydrogen (secondary N) is 1. The molecule has 136 valence electrons. The molecule has 0 saturated carbocycles. The van der Waals surface area contributed by atoms with Crippen LogP contribution in [0.2, 0.25) is 0 Å². The predicted molar refractivity (Wildman–Crippen MR) is 92.6 cm³/mol. The lowest BCUT2D eigenvalue weighted by Gasteiger charge is -2.06. The Morgan fingerprint density at radius 2 is 2.04 bits per heavy atom. The van der Waals surface area contributed by atoms with Crippen molar-refractivity contribution in [3.8, 4) is 5.75 Å². The Balaban J connectivity index is 1.73. The van der Waals surface area contributed by atoms with Crippen LogP contribution >= 0.6 is 0 Å². The van der Waals surface area contributed by atoms with Gasteiger partial charge in [-0.3, -0.25) is 9.48 Å². The third-order valence-electron chi connectivity index (χ3n) is 3.92. The van der Waals surface area contributed by atoms with Crippen molar-refractivity contribution in [3.05, 3.63) is 58.9 Å². The molecule has 2 aromatic heterocycles. The Hall–Kier alpha value is -3.16. The summed E-state index contributed by atoms with van der Waals surface area (Å²) in [5, 5.41) is 10.8. The average Bonchev–Trinajstić information content (AvgIpc) is 3.16. The standard InChI is InChI=1S/C18H19FN4O3/c1-4-23-11(2)9-16(21-23)20-18(24)17-15(12(3)26-22-17)10-25-14-7-5-13(19)6-8-14/h5-9H,4,10H2,1-3H3,(H,20,21,24). The van der Waals surface area contributed by atoms with E-state index in [0.29, 0.717) is 29.4 Å². The number of amides is 1. The molecule has 3 aromatic rings. The van der Waals surface area contributed by atoms with Crippen LogP contribution in [0.1, 0.15) is 34.4 Å². The third-order valence-corrected chi connectivity index (χ3v) is 3.92. The molecular weight excluding hydrogens is 339 g/mol. The molecule has 0 spiro atoms. The minimum absolute atomic E-state index is 0.0755. The maximum Gasteiger partial charge on any atom is 0.279 e. The van der Waals surface area contributed by atoms with Crippen LogP contribution in [0.5, 0.6) is 5.75 Å². The SMILES string of the molecule is CCn1nc(NC(=O)c2noc(C)c2COc2ccc(F)cc2)cc1C. The third kappa shape index (κ3) is 3.74. The Bertz CT molecular complexity index is 915. The predicted octanol–water partition coefficient (Wildman–Crippen LogP) is 3.48. The van der Waals surface area contributed by atoms with Crippen molar-refractivity contribution in [1.29, 1.82) is 0 Å². The van der Waals surface area contributed by atoms with Gasteiger partial charge in [0.15, 0.2) is 11.5 Å². The number of hydrogen-bond donors (Lipinski definition) is 1. The number of halogens is 1. The molecule has 26 heavy (non-hydrogen) atoms. The summed E-state index contributed by atoms with van der Waals surface area (Å²) >= 11 is 0. The largest absolute Gasteiger partial charge is 0.489 e. The van der Waals surface area contributed by atoms with E-state index in [1.807, 2.05) is 13.8 Å². The van der Waals surface area contributed by atoms with Crippen LogP contribution in [0.25, 0.3) is 0 Å². The second-order valence-corrected chi connectivity index (χ2v) is 5.75. The van der Waals surface area contributed by atoms with Gasteiger partial charge in [0.2, 0.25) is 0 Å². The van der Waals surface area contributed by atoms with Crippen molar-refractivity contribution >= 4 is 11.7 Å². The molecule has 0 aliphatic carbocycles. The summed E-state index contributed by atoms with van der Waals surface area (Å²) in [7, 11) is 0. The highest BCUT2D eigenvalue weighted by atomic mass is 19.1. The zero-order valence-corrected chi connectivity index (χ0v) is 14.7. The molecule has 1 N–H and O–H groups in total. The van der Waals surface area contributed by atoms with Crippen molar-refractivity contribution < 1.29 is 18.4 Å². The molecule has 0 bridgehead atoms. The van der Waals surface area contributed by atoms with Gasteiger partial charge >= 0.3 is 0 Å². The second kappa shape index (κ2) is 7.38. The van der Waals surface area contributed by atoms with Gasteiger partial charge < -0.3 is 14.6 Å². The summed E-state index contributed by atoms with van der Waals surface area (Å²) in [6, 6.07) is 7.41.